The highest BCUT2D eigenvalue weighted by molar-refractivity contribution is 5.77. The van der Waals surface area contributed by atoms with Crippen LogP contribution >= 0.6 is 0 Å². The summed E-state index contributed by atoms with van der Waals surface area (Å²) in [5.74, 6) is -4.95. The van der Waals surface area contributed by atoms with Crippen LogP contribution in [0.3, 0.4) is 0 Å². The number of nitrogens with zero attached hydrogens (tertiary/aromatic N) is 1. The van der Waals surface area contributed by atoms with Crippen LogP contribution in [0.25, 0.3) is 0 Å². The van der Waals surface area contributed by atoms with Gasteiger partial charge in [0.25, 0.3) is 5.92 Å². The monoisotopic (exact) mass is 276 g/mol. The largest absolute Gasteiger partial charge is 0.481 e. The molecule has 0 aromatic carbocycles. The Labute approximate surface area is 109 Å². The fraction of sp³-hybridized carbons (Fsp3) is 0.833. The molecule has 2 unspecified atom stereocenters. The number of rotatable bonds is 3. The molecule has 0 aromatic heterocycles. The molecular formula is C12H18F2N2O3. The van der Waals surface area contributed by atoms with Gasteiger partial charge in [-0.15, -0.1) is 0 Å². The van der Waals surface area contributed by atoms with E-state index >= 15 is 0 Å². The lowest BCUT2D eigenvalue weighted by atomic mass is 10.1. The number of carbonyl (C=O) groups excluding carboxylic acids is 1. The Kier molecular flexibility index (Phi) is 3.91. The topological polar surface area (TPSA) is 69.6 Å². The molecule has 1 aliphatic heterocycles. The summed E-state index contributed by atoms with van der Waals surface area (Å²) in [7, 11) is 0. The van der Waals surface area contributed by atoms with Gasteiger partial charge in [-0.05, 0) is 19.3 Å². The molecule has 1 saturated carbocycles. The van der Waals surface area contributed by atoms with E-state index in [0.717, 1.165) is 0 Å². The molecule has 2 rings (SSSR count). The summed E-state index contributed by atoms with van der Waals surface area (Å²) < 4.78 is 26.7. The van der Waals surface area contributed by atoms with Gasteiger partial charge in [0, 0.05) is 32.0 Å². The molecule has 2 atom stereocenters. The molecule has 1 aliphatic carbocycles. The molecular weight excluding hydrogens is 258 g/mol. The van der Waals surface area contributed by atoms with Crippen molar-refractivity contribution in [3.63, 3.8) is 0 Å². The molecule has 1 saturated heterocycles. The number of carboxylic acid groups (broad SMARTS) is 1. The van der Waals surface area contributed by atoms with E-state index in [2.05, 4.69) is 5.32 Å². The lowest BCUT2D eigenvalue weighted by Crippen LogP contribution is -2.43. The van der Waals surface area contributed by atoms with E-state index in [4.69, 9.17) is 5.11 Å². The second kappa shape index (κ2) is 5.30. The van der Waals surface area contributed by atoms with Crippen LogP contribution in [0.5, 0.6) is 0 Å². The van der Waals surface area contributed by atoms with E-state index in [1.165, 1.54) is 4.90 Å². The molecule has 1 heterocycles. The Morgan fingerprint density at radius 2 is 2.11 bits per heavy atom. The fourth-order valence-corrected chi connectivity index (χ4v) is 2.72. The van der Waals surface area contributed by atoms with Gasteiger partial charge in [-0.2, -0.15) is 0 Å². The Bertz CT molecular complexity index is 376. The maximum atomic E-state index is 13.4. The van der Waals surface area contributed by atoms with Crippen LogP contribution in [0.15, 0.2) is 0 Å². The van der Waals surface area contributed by atoms with Crippen LogP contribution in [0.1, 0.15) is 25.7 Å². The van der Waals surface area contributed by atoms with Crippen molar-refractivity contribution >= 4 is 12.0 Å². The lowest BCUT2D eigenvalue weighted by molar-refractivity contribution is -0.141. The first kappa shape index (κ1) is 14.0. The summed E-state index contributed by atoms with van der Waals surface area (Å²) in [6, 6.07) is -0.438. The molecule has 0 radical (unpaired) electrons. The highest BCUT2D eigenvalue weighted by Gasteiger charge is 2.43. The number of likely N-dealkylation sites (tertiary alicyclic amines) is 1. The average Bonchev–Trinajstić information content (AvgIpc) is 2.92. The zero-order chi connectivity index (χ0) is 14.0. The number of alkyl halides is 2. The third kappa shape index (κ3) is 3.13. The number of hydrogen-bond acceptors (Lipinski definition) is 2. The van der Waals surface area contributed by atoms with Crippen LogP contribution in [-0.4, -0.2) is 47.6 Å². The van der Waals surface area contributed by atoms with Gasteiger partial charge < -0.3 is 15.3 Å². The molecule has 2 N–H and O–H groups in total. The number of nitrogens with one attached hydrogen (secondary N) is 1. The number of aliphatic carboxylic acids is 1. The van der Waals surface area contributed by atoms with Crippen molar-refractivity contribution in [3.8, 4) is 0 Å². The second-order valence-electron chi connectivity index (χ2n) is 5.31. The van der Waals surface area contributed by atoms with Crippen LogP contribution in [0.2, 0.25) is 0 Å². The zero-order valence-corrected chi connectivity index (χ0v) is 10.6. The number of amides is 2. The predicted octanol–water partition coefficient (Wildman–Crippen LogP) is 1.54. The van der Waals surface area contributed by atoms with Gasteiger partial charge >= 0.3 is 12.0 Å². The SMILES string of the molecule is O=C(O)C1CCN(C(=O)NCC2CCCC2(F)F)C1. The van der Waals surface area contributed by atoms with E-state index in [9.17, 15) is 18.4 Å². The molecule has 19 heavy (non-hydrogen) atoms. The first-order chi connectivity index (χ1) is 8.90. The Balaban J connectivity index is 1.78. The molecule has 0 aromatic rings. The third-order valence-corrected chi connectivity index (χ3v) is 3.98. The highest BCUT2D eigenvalue weighted by atomic mass is 19.3. The number of urea groups is 1. The van der Waals surface area contributed by atoms with Gasteiger partial charge in [-0.25, -0.2) is 13.6 Å². The van der Waals surface area contributed by atoms with E-state index in [-0.39, 0.29) is 19.5 Å². The quantitative estimate of drug-likeness (QED) is 0.821. The van der Waals surface area contributed by atoms with Gasteiger partial charge in [0.15, 0.2) is 0 Å². The van der Waals surface area contributed by atoms with Crippen LogP contribution in [0, 0.1) is 11.8 Å². The Morgan fingerprint density at radius 3 is 2.63 bits per heavy atom. The average molecular weight is 276 g/mol. The van der Waals surface area contributed by atoms with Gasteiger partial charge in [0.2, 0.25) is 0 Å². The standard InChI is InChI=1S/C12H18F2N2O3/c13-12(14)4-1-2-9(12)6-15-11(19)16-5-3-8(7-16)10(17)18/h8-9H,1-7H2,(H,15,19)(H,17,18). The van der Waals surface area contributed by atoms with Crippen molar-refractivity contribution in [1.29, 1.82) is 0 Å². The molecule has 2 amide bonds. The van der Waals surface area contributed by atoms with Crippen molar-refractivity contribution in [2.45, 2.75) is 31.6 Å². The summed E-state index contributed by atoms with van der Waals surface area (Å²) >= 11 is 0. The van der Waals surface area contributed by atoms with E-state index < -0.39 is 29.8 Å². The first-order valence-electron chi connectivity index (χ1n) is 6.53. The molecule has 5 nitrogen and oxygen atoms in total. The van der Waals surface area contributed by atoms with Crippen LogP contribution in [-0.2, 0) is 4.79 Å². The summed E-state index contributed by atoms with van der Waals surface area (Å²) in [6.07, 6.45) is 1.21. The molecule has 108 valence electrons. The number of carbonyl (C=O) groups is 2. The number of halogens is 2. The zero-order valence-electron chi connectivity index (χ0n) is 10.6. The maximum Gasteiger partial charge on any atom is 0.317 e. The Morgan fingerprint density at radius 1 is 1.37 bits per heavy atom. The minimum Gasteiger partial charge on any atom is -0.481 e. The van der Waals surface area contributed by atoms with Crippen molar-refractivity contribution < 1.29 is 23.5 Å². The second-order valence-corrected chi connectivity index (χ2v) is 5.31. The molecule has 2 aliphatic rings. The van der Waals surface area contributed by atoms with Crippen molar-refractivity contribution in [3.05, 3.63) is 0 Å². The summed E-state index contributed by atoms with van der Waals surface area (Å²) in [5, 5.41) is 11.3. The normalized spacial score (nSPS) is 29.5. The number of carboxylic acids is 1. The molecule has 0 spiro atoms. The minimum atomic E-state index is -2.69. The molecule has 7 heteroatoms. The van der Waals surface area contributed by atoms with Crippen LogP contribution in [0.4, 0.5) is 13.6 Å². The maximum absolute atomic E-state index is 13.4. The fourth-order valence-electron chi connectivity index (χ4n) is 2.72. The summed E-state index contributed by atoms with van der Waals surface area (Å²) in [4.78, 5) is 23.9. The molecule has 2 fully saturated rings. The first-order valence-corrected chi connectivity index (χ1v) is 6.53. The summed E-state index contributed by atoms with van der Waals surface area (Å²) in [5.41, 5.74) is 0. The molecule has 0 bridgehead atoms. The van der Waals surface area contributed by atoms with E-state index in [0.29, 0.717) is 25.8 Å². The van der Waals surface area contributed by atoms with Gasteiger partial charge in [-0.1, -0.05) is 0 Å². The van der Waals surface area contributed by atoms with Gasteiger partial charge in [0.1, 0.15) is 0 Å². The smallest absolute Gasteiger partial charge is 0.317 e. The predicted molar refractivity (Wildman–Crippen MR) is 63.0 cm³/mol. The van der Waals surface area contributed by atoms with Gasteiger partial charge in [-0.3, -0.25) is 4.79 Å². The van der Waals surface area contributed by atoms with Gasteiger partial charge in [0.05, 0.1) is 5.92 Å². The highest BCUT2D eigenvalue weighted by Crippen LogP contribution is 2.39. The van der Waals surface area contributed by atoms with Crippen molar-refractivity contribution in [1.82, 2.24) is 10.2 Å². The van der Waals surface area contributed by atoms with Crippen molar-refractivity contribution in [2.75, 3.05) is 19.6 Å². The third-order valence-electron chi connectivity index (χ3n) is 3.98. The minimum absolute atomic E-state index is 0.0416. The Hall–Kier alpha value is -1.40. The number of hydrogen-bond donors (Lipinski definition) is 2. The van der Waals surface area contributed by atoms with Crippen LogP contribution < -0.4 is 5.32 Å². The van der Waals surface area contributed by atoms with E-state index in [1.54, 1.807) is 0 Å². The van der Waals surface area contributed by atoms with E-state index in [1.807, 2.05) is 0 Å². The summed E-state index contributed by atoms with van der Waals surface area (Å²) in [6.45, 7) is 0.478. The van der Waals surface area contributed by atoms with Crippen molar-refractivity contribution in [2.24, 2.45) is 11.8 Å². The lowest BCUT2D eigenvalue weighted by Gasteiger charge is -2.22.